The first-order valence-electron chi connectivity index (χ1n) is 9.05. The molecule has 0 radical (unpaired) electrons. The molecule has 1 heterocycles. The Bertz CT molecular complexity index is 838. The minimum atomic E-state index is -0.136. The van der Waals surface area contributed by atoms with Gasteiger partial charge < -0.3 is 9.47 Å². The number of ether oxygens (including phenoxy) is 2. The van der Waals surface area contributed by atoms with E-state index in [9.17, 15) is 4.79 Å². The molecule has 1 saturated heterocycles. The molecule has 1 aliphatic rings. The number of methoxy groups -OCH3 is 2. The summed E-state index contributed by atoms with van der Waals surface area (Å²) in [6.45, 7) is 2.13. The first-order valence-corrected chi connectivity index (χ1v) is 9.93. The van der Waals surface area contributed by atoms with Crippen LogP contribution in [0, 0.1) is 0 Å². The van der Waals surface area contributed by atoms with Crippen LogP contribution in [0.5, 0.6) is 11.5 Å². The van der Waals surface area contributed by atoms with E-state index >= 15 is 0 Å². The third-order valence-corrected chi connectivity index (χ3v) is 5.59. The zero-order valence-corrected chi connectivity index (χ0v) is 16.7. The Morgan fingerprint density at radius 3 is 2.41 bits per heavy atom. The molecule has 1 fully saturated rings. The fraction of sp³-hybridized carbons (Fsp3) is 0.333. The number of carbonyl (C=O) groups is 1. The van der Waals surface area contributed by atoms with Gasteiger partial charge in [-0.25, -0.2) is 4.99 Å². The Balaban J connectivity index is 2.05. The molecule has 2 aromatic rings. The Hall–Kier alpha value is -2.47. The van der Waals surface area contributed by atoms with Crippen LogP contribution in [0.15, 0.2) is 53.5 Å². The van der Waals surface area contributed by atoms with Crippen LogP contribution in [-0.2, 0) is 4.79 Å². The largest absolute Gasteiger partial charge is 0.495 e. The highest BCUT2D eigenvalue weighted by molar-refractivity contribution is 8.16. The number of aliphatic imine (C=N–C) groups is 1. The van der Waals surface area contributed by atoms with Crippen LogP contribution in [0.25, 0.3) is 0 Å². The van der Waals surface area contributed by atoms with Crippen molar-refractivity contribution in [2.24, 2.45) is 4.99 Å². The van der Waals surface area contributed by atoms with Crippen LogP contribution < -0.4 is 14.4 Å². The van der Waals surface area contributed by atoms with Crippen molar-refractivity contribution in [1.29, 1.82) is 0 Å². The molecular weight excluding hydrogens is 360 g/mol. The average Bonchev–Trinajstić information content (AvgIpc) is 3.01. The highest BCUT2D eigenvalue weighted by Crippen LogP contribution is 2.40. The Kier molecular flexibility index (Phi) is 6.40. The van der Waals surface area contributed by atoms with Gasteiger partial charge >= 0.3 is 0 Å². The second-order valence-corrected chi connectivity index (χ2v) is 7.33. The van der Waals surface area contributed by atoms with Crippen molar-refractivity contribution in [3.8, 4) is 11.5 Å². The van der Waals surface area contributed by atoms with Crippen LogP contribution in [-0.4, -0.2) is 30.5 Å². The number of rotatable bonds is 7. The molecule has 5 nitrogen and oxygen atoms in total. The van der Waals surface area contributed by atoms with Crippen molar-refractivity contribution in [2.45, 2.75) is 31.4 Å². The zero-order valence-electron chi connectivity index (χ0n) is 15.8. The molecular formula is C21H24N2O3S. The summed E-state index contributed by atoms with van der Waals surface area (Å²) in [5.74, 6) is 1.37. The first kappa shape index (κ1) is 19.3. The summed E-state index contributed by atoms with van der Waals surface area (Å²) in [5.41, 5.74) is 1.41. The number of amides is 1. The summed E-state index contributed by atoms with van der Waals surface area (Å²) in [4.78, 5) is 19.6. The standard InChI is InChI=1S/C21H24N2O3S/c1-4-5-14-19-20(24)23(16-11-7-9-13-18(16)26-3)21(27-19)22-15-10-6-8-12-17(15)25-2/h6-13,19H,4-5,14H2,1-3H3. The number of thioether (sulfide) groups is 1. The van der Waals surface area contributed by atoms with E-state index in [1.807, 2.05) is 48.5 Å². The van der Waals surface area contributed by atoms with Gasteiger partial charge in [0, 0.05) is 0 Å². The third kappa shape index (κ3) is 4.11. The summed E-state index contributed by atoms with van der Waals surface area (Å²) in [6, 6.07) is 15.1. The molecule has 1 aliphatic heterocycles. The van der Waals surface area contributed by atoms with Crippen molar-refractivity contribution in [3.63, 3.8) is 0 Å². The minimum absolute atomic E-state index is 0.0478. The molecule has 27 heavy (non-hydrogen) atoms. The number of hydrogen-bond acceptors (Lipinski definition) is 5. The number of amidine groups is 1. The Morgan fingerprint density at radius 2 is 1.70 bits per heavy atom. The van der Waals surface area contributed by atoms with Crippen molar-refractivity contribution in [3.05, 3.63) is 48.5 Å². The molecule has 0 spiro atoms. The fourth-order valence-corrected chi connectivity index (χ4v) is 4.17. The van der Waals surface area contributed by atoms with E-state index < -0.39 is 0 Å². The number of anilines is 1. The summed E-state index contributed by atoms with van der Waals surface area (Å²) in [7, 11) is 3.23. The molecule has 0 saturated carbocycles. The molecule has 1 atom stereocenters. The van der Waals surface area contributed by atoms with Crippen LogP contribution >= 0.6 is 11.8 Å². The maximum Gasteiger partial charge on any atom is 0.246 e. The SMILES string of the molecule is CCCCC1SC(=Nc2ccccc2OC)N(c2ccccc2OC)C1=O. The molecule has 1 unspecified atom stereocenters. The number of para-hydroxylation sites is 4. The van der Waals surface area contributed by atoms with Gasteiger partial charge in [0.15, 0.2) is 5.17 Å². The van der Waals surface area contributed by atoms with E-state index in [2.05, 4.69) is 6.92 Å². The fourth-order valence-electron chi connectivity index (χ4n) is 2.98. The second-order valence-electron chi connectivity index (χ2n) is 6.16. The number of benzene rings is 2. The lowest BCUT2D eigenvalue weighted by molar-refractivity contribution is -0.117. The van der Waals surface area contributed by atoms with E-state index in [0.717, 1.165) is 19.3 Å². The number of nitrogens with zero attached hydrogens (tertiary/aromatic N) is 2. The molecule has 2 aromatic carbocycles. The van der Waals surface area contributed by atoms with Crippen molar-refractivity contribution >= 4 is 34.2 Å². The molecule has 1 amide bonds. The van der Waals surface area contributed by atoms with Crippen molar-refractivity contribution in [1.82, 2.24) is 0 Å². The maximum atomic E-state index is 13.2. The van der Waals surface area contributed by atoms with E-state index in [-0.39, 0.29) is 11.2 Å². The Labute approximate surface area is 164 Å². The lowest BCUT2D eigenvalue weighted by atomic mass is 10.1. The van der Waals surface area contributed by atoms with Gasteiger partial charge in [-0.1, -0.05) is 55.8 Å². The van der Waals surface area contributed by atoms with Gasteiger partial charge in [-0.2, -0.15) is 0 Å². The van der Waals surface area contributed by atoms with Gasteiger partial charge in [0.2, 0.25) is 5.91 Å². The summed E-state index contributed by atoms with van der Waals surface area (Å²) >= 11 is 1.51. The quantitative estimate of drug-likeness (QED) is 0.672. The summed E-state index contributed by atoms with van der Waals surface area (Å²) in [5, 5.41) is 0.512. The number of carbonyl (C=O) groups excluding carboxylic acids is 1. The van der Waals surface area contributed by atoms with Crippen molar-refractivity contribution in [2.75, 3.05) is 19.1 Å². The van der Waals surface area contributed by atoms with Gasteiger partial charge in [0.1, 0.15) is 17.2 Å². The maximum absolute atomic E-state index is 13.2. The summed E-state index contributed by atoms with van der Waals surface area (Å²) in [6.07, 6.45) is 2.89. The smallest absolute Gasteiger partial charge is 0.246 e. The highest BCUT2D eigenvalue weighted by Gasteiger charge is 2.39. The van der Waals surface area contributed by atoms with Gasteiger partial charge in [-0.15, -0.1) is 0 Å². The van der Waals surface area contributed by atoms with Gasteiger partial charge in [0.05, 0.1) is 25.2 Å². The predicted molar refractivity (Wildman–Crippen MR) is 111 cm³/mol. The zero-order chi connectivity index (χ0) is 19.2. The van der Waals surface area contributed by atoms with Crippen LogP contribution in [0.1, 0.15) is 26.2 Å². The third-order valence-electron chi connectivity index (χ3n) is 4.38. The van der Waals surface area contributed by atoms with Crippen LogP contribution in [0.3, 0.4) is 0 Å². The molecule has 142 valence electrons. The minimum Gasteiger partial charge on any atom is -0.495 e. The predicted octanol–water partition coefficient (Wildman–Crippen LogP) is 5.03. The number of unbranched alkanes of at least 4 members (excludes halogenated alkanes) is 1. The van der Waals surface area contributed by atoms with E-state index in [1.165, 1.54) is 11.8 Å². The van der Waals surface area contributed by atoms with Crippen LogP contribution in [0.4, 0.5) is 11.4 Å². The lowest BCUT2D eigenvalue weighted by Crippen LogP contribution is -2.32. The highest BCUT2D eigenvalue weighted by atomic mass is 32.2. The normalized spacial score (nSPS) is 18.2. The second kappa shape index (κ2) is 8.95. The molecule has 6 heteroatoms. The lowest BCUT2D eigenvalue weighted by Gasteiger charge is -2.19. The van der Waals surface area contributed by atoms with E-state index in [1.54, 1.807) is 19.1 Å². The van der Waals surface area contributed by atoms with E-state index in [0.29, 0.717) is 28.0 Å². The van der Waals surface area contributed by atoms with Gasteiger partial charge in [0.25, 0.3) is 0 Å². The molecule has 0 bridgehead atoms. The topological polar surface area (TPSA) is 51.1 Å². The van der Waals surface area contributed by atoms with Gasteiger partial charge in [-0.3, -0.25) is 9.69 Å². The Morgan fingerprint density at radius 1 is 1.04 bits per heavy atom. The van der Waals surface area contributed by atoms with E-state index in [4.69, 9.17) is 14.5 Å². The number of hydrogen-bond donors (Lipinski definition) is 0. The molecule has 0 aromatic heterocycles. The van der Waals surface area contributed by atoms with Gasteiger partial charge in [-0.05, 0) is 30.7 Å². The molecule has 0 N–H and O–H groups in total. The average molecular weight is 385 g/mol. The first-order chi connectivity index (χ1) is 13.2. The van der Waals surface area contributed by atoms with Crippen molar-refractivity contribution < 1.29 is 14.3 Å². The molecule has 0 aliphatic carbocycles. The van der Waals surface area contributed by atoms with Crippen LogP contribution in [0.2, 0.25) is 0 Å². The monoisotopic (exact) mass is 384 g/mol. The molecule has 3 rings (SSSR count). The summed E-state index contributed by atoms with van der Waals surface area (Å²) < 4.78 is 10.9.